The first kappa shape index (κ1) is 12.9. The summed E-state index contributed by atoms with van der Waals surface area (Å²) < 4.78 is 0. The summed E-state index contributed by atoms with van der Waals surface area (Å²) in [6.07, 6.45) is 2.92. The Hall–Kier alpha value is -3.15. The number of nitrogens with one attached hydrogen (secondary N) is 1. The number of amides is 1. The predicted molar refractivity (Wildman–Crippen MR) is 76.1 cm³/mol. The number of carbonyl (C=O) groups is 1. The van der Waals surface area contributed by atoms with Gasteiger partial charge >= 0.3 is 0 Å². The number of benzene rings is 1. The van der Waals surface area contributed by atoms with Gasteiger partial charge in [-0.15, -0.1) is 0 Å². The lowest BCUT2D eigenvalue weighted by Crippen LogP contribution is -2.35. The molecule has 0 saturated heterocycles. The van der Waals surface area contributed by atoms with Crippen LogP contribution in [0.25, 0.3) is 10.8 Å². The molecule has 1 amide bonds. The van der Waals surface area contributed by atoms with E-state index in [0.717, 1.165) is 0 Å². The van der Waals surface area contributed by atoms with E-state index < -0.39 is 16.8 Å². The second kappa shape index (κ2) is 5.09. The first-order chi connectivity index (χ1) is 10.2. The number of hydrogen-bond acceptors (Lipinski definition) is 5. The van der Waals surface area contributed by atoms with Crippen molar-refractivity contribution in [2.45, 2.75) is 0 Å². The largest absolute Gasteiger partial charge is 0.287 e. The van der Waals surface area contributed by atoms with E-state index in [0.29, 0.717) is 16.3 Å². The minimum atomic E-state index is -0.513. The van der Waals surface area contributed by atoms with Crippen molar-refractivity contribution in [3.05, 3.63) is 80.2 Å². The summed E-state index contributed by atoms with van der Waals surface area (Å²) in [7, 11) is 0. The van der Waals surface area contributed by atoms with Crippen molar-refractivity contribution in [1.29, 1.82) is 0 Å². The van der Waals surface area contributed by atoms with Crippen LogP contribution in [-0.4, -0.2) is 10.9 Å². The minimum absolute atomic E-state index is 0.279. The van der Waals surface area contributed by atoms with Crippen molar-refractivity contribution < 1.29 is 4.79 Å². The molecule has 0 aliphatic rings. The van der Waals surface area contributed by atoms with Gasteiger partial charge in [-0.2, -0.15) is 5.10 Å². The monoisotopic (exact) mass is 279 g/mol. The summed E-state index contributed by atoms with van der Waals surface area (Å²) >= 11 is 0. The van der Waals surface area contributed by atoms with Gasteiger partial charge in [0.05, 0.1) is 0 Å². The average molecular weight is 279 g/mol. The van der Waals surface area contributed by atoms with E-state index in [4.69, 9.17) is 0 Å². The van der Waals surface area contributed by atoms with Crippen molar-refractivity contribution in [2.24, 2.45) is 5.10 Å². The van der Waals surface area contributed by atoms with Gasteiger partial charge < -0.3 is 0 Å². The molecule has 0 aliphatic carbocycles. The van der Waals surface area contributed by atoms with Crippen LogP contribution in [0.1, 0.15) is 10.4 Å². The van der Waals surface area contributed by atoms with E-state index in [2.05, 4.69) is 15.5 Å². The molecule has 21 heavy (non-hydrogen) atoms. The van der Waals surface area contributed by atoms with E-state index in [1.54, 1.807) is 24.3 Å². The fraction of sp³-hybridized carbons (Fsp3) is 0. The summed E-state index contributed by atoms with van der Waals surface area (Å²) in [4.78, 5) is 39.7. The molecule has 0 aliphatic heterocycles. The highest BCUT2D eigenvalue weighted by atomic mass is 16.2. The van der Waals surface area contributed by atoms with Gasteiger partial charge in [-0.05, 0) is 12.1 Å². The van der Waals surface area contributed by atoms with Crippen LogP contribution < -0.4 is 21.6 Å². The number of hydrogen-bond donors (Lipinski definition) is 1. The number of pyridine rings is 1. The normalized spacial score (nSPS) is 10.5. The van der Waals surface area contributed by atoms with Crippen molar-refractivity contribution in [1.82, 2.24) is 10.4 Å². The minimum Gasteiger partial charge on any atom is -0.287 e. The summed E-state index contributed by atoms with van der Waals surface area (Å²) in [5.74, 6) is -0.513. The number of aromatic nitrogens is 1. The van der Waals surface area contributed by atoms with Crippen molar-refractivity contribution in [2.75, 3.05) is 0 Å². The van der Waals surface area contributed by atoms with Crippen LogP contribution in [0.15, 0.2) is 63.5 Å². The van der Waals surface area contributed by atoms with Crippen LogP contribution in [-0.2, 0) is 0 Å². The van der Waals surface area contributed by atoms with Gasteiger partial charge in [-0.1, -0.05) is 24.3 Å². The van der Waals surface area contributed by atoms with Gasteiger partial charge in [-0.25, -0.2) is 5.43 Å². The number of rotatable bonds is 2. The fourth-order valence-electron chi connectivity index (χ4n) is 2.01. The molecule has 0 atom stereocenters. The molecule has 0 bridgehead atoms. The molecule has 2 aromatic carbocycles. The molecular formula is C15H9N3O3. The highest BCUT2D eigenvalue weighted by molar-refractivity contribution is 5.93. The molecular weight excluding hydrogens is 270 g/mol. The lowest BCUT2D eigenvalue weighted by Gasteiger charge is -1.96. The van der Waals surface area contributed by atoms with Crippen LogP contribution in [0, 0.1) is 0 Å². The number of fused-ring (bicyclic) bond motifs is 1. The Kier molecular flexibility index (Phi) is 3.12. The van der Waals surface area contributed by atoms with Crippen LogP contribution in [0.4, 0.5) is 0 Å². The highest BCUT2D eigenvalue weighted by Gasteiger charge is 2.10. The van der Waals surface area contributed by atoms with E-state index in [1.807, 2.05) is 0 Å². The molecule has 0 saturated carbocycles. The van der Waals surface area contributed by atoms with Gasteiger partial charge in [0.2, 0.25) is 10.9 Å². The Balaban J connectivity index is 2.04. The zero-order valence-corrected chi connectivity index (χ0v) is 10.7. The molecule has 102 valence electrons. The third-order valence-electron chi connectivity index (χ3n) is 3.06. The smallest absolute Gasteiger partial charge is 0.271 e. The maximum atomic E-state index is 12.0. The van der Waals surface area contributed by atoms with Gasteiger partial charge in [0.1, 0.15) is 0 Å². The molecule has 3 aromatic rings. The molecule has 3 rings (SSSR count). The molecule has 6 heteroatoms. The van der Waals surface area contributed by atoms with Gasteiger partial charge in [0, 0.05) is 28.7 Å². The fourth-order valence-corrected chi connectivity index (χ4v) is 2.01. The third-order valence-corrected chi connectivity index (χ3v) is 3.06. The standard InChI is InChI=1S/C15H9N3O3/c19-13-10-3-1-2-4-11(10)14(20)12(13)17-18-15(21)9-5-7-16-8-6-9/h1-8H,(H,18,21). The van der Waals surface area contributed by atoms with E-state index in [9.17, 15) is 14.4 Å². The Morgan fingerprint density at radius 2 is 1.52 bits per heavy atom. The molecule has 6 nitrogen and oxygen atoms in total. The second-order valence-electron chi connectivity index (χ2n) is 4.34. The third kappa shape index (κ3) is 2.23. The Bertz CT molecular complexity index is 921. The first-order valence-electron chi connectivity index (χ1n) is 6.15. The average Bonchev–Trinajstić information content (AvgIpc) is 2.78. The summed E-state index contributed by atoms with van der Waals surface area (Å²) in [6, 6.07) is 9.46. The summed E-state index contributed by atoms with van der Waals surface area (Å²) in [6.45, 7) is 0. The molecule has 0 unspecified atom stereocenters. The van der Waals surface area contributed by atoms with Crippen LogP contribution in [0.2, 0.25) is 0 Å². The Morgan fingerprint density at radius 3 is 2.10 bits per heavy atom. The first-order valence-corrected chi connectivity index (χ1v) is 6.15. The molecule has 0 spiro atoms. The molecule has 0 radical (unpaired) electrons. The molecule has 1 heterocycles. The van der Waals surface area contributed by atoms with Gasteiger partial charge in [0.15, 0.2) is 5.36 Å². The van der Waals surface area contributed by atoms with Crippen LogP contribution >= 0.6 is 0 Å². The van der Waals surface area contributed by atoms with E-state index in [-0.39, 0.29) is 5.36 Å². The lowest BCUT2D eigenvalue weighted by atomic mass is 10.2. The van der Waals surface area contributed by atoms with Gasteiger partial charge in [0.25, 0.3) is 5.91 Å². The number of nitrogens with zero attached hydrogens (tertiary/aromatic N) is 2. The second-order valence-corrected chi connectivity index (χ2v) is 4.34. The predicted octanol–water partition coefficient (Wildman–Crippen LogP) is 0.0765. The van der Waals surface area contributed by atoms with E-state index in [1.165, 1.54) is 24.5 Å². The van der Waals surface area contributed by atoms with Crippen molar-refractivity contribution >= 4 is 16.7 Å². The van der Waals surface area contributed by atoms with Crippen LogP contribution in [0.5, 0.6) is 0 Å². The lowest BCUT2D eigenvalue weighted by molar-refractivity contribution is 0.0953. The Morgan fingerprint density at radius 1 is 0.952 bits per heavy atom. The summed E-state index contributed by atoms with van der Waals surface area (Å²) in [5.41, 5.74) is 1.59. The van der Waals surface area contributed by atoms with E-state index >= 15 is 0 Å². The van der Waals surface area contributed by atoms with Gasteiger partial charge in [-0.3, -0.25) is 19.4 Å². The SMILES string of the molecule is O=C(NN=c1c(=O)c2ccccc2c1=O)c1ccncc1. The van der Waals surface area contributed by atoms with Crippen molar-refractivity contribution in [3.63, 3.8) is 0 Å². The molecule has 0 fully saturated rings. The molecule has 1 N–H and O–H groups in total. The zero-order valence-electron chi connectivity index (χ0n) is 10.7. The molecule has 1 aromatic heterocycles. The quantitative estimate of drug-likeness (QED) is 0.673. The summed E-state index contributed by atoms with van der Waals surface area (Å²) in [5, 5.41) is 4.00. The Labute approximate surface area is 118 Å². The van der Waals surface area contributed by atoms with Crippen molar-refractivity contribution in [3.8, 4) is 0 Å². The topological polar surface area (TPSA) is 88.5 Å². The number of carbonyl (C=O) groups excluding carboxylic acids is 1. The highest BCUT2D eigenvalue weighted by Crippen LogP contribution is 2.01. The maximum Gasteiger partial charge on any atom is 0.271 e. The maximum absolute atomic E-state index is 12.0. The van der Waals surface area contributed by atoms with Crippen LogP contribution in [0.3, 0.4) is 0 Å². The zero-order chi connectivity index (χ0) is 14.8.